The van der Waals surface area contributed by atoms with E-state index < -0.39 is 24.1 Å². The van der Waals surface area contributed by atoms with Crippen LogP contribution in [0.2, 0.25) is 0 Å². The van der Waals surface area contributed by atoms with Gasteiger partial charge in [-0.2, -0.15) is 4.98 Å². The molecule has 1 saturated heterocycles. The Kier molecular flexibility index (Phi) is 5.52. The van der Waals surface area contributed by atoms with E-state index >= 15 is 0 Å². The van der Waals surface area contributed by atoms with Gasteiger partial charge < -0.3 is 15.2 Å². The van der Waals surface area contributed by atoms with E-state index in [4.69, 9.17) is 10.3 Å². The molecule has 0 saturated carbocycles. The van der Waals surface area contributed by atoms with Crippen molar-refractivity contribution in [3.8, 4) is 0 Å². The van der Waals surface area contributed by atoms with Gasteiger partial charge in [0.1, 0.15) is 12.0 Å². The van der Waals surface area contributed by atoms with Crippen LogP contribution < -0.4 is 11.0 Å². The fourth-order valence-corrected chi connectivity index (χ4v) is 2.97. The number of aryl methyl sites for hydroxylation is 1. The molecule has 2 heterocycles. The second-order valence-electron chi connectivity index (χ2n) is 6.12. The zero-order valence-electron chi connectivity index (χ0n) is 14.3. The number of nitrogens with zero attached hydrogens (tertiary/aromatic N) is 5. The number of ether oxygens (including phenoxy) is 1. The molecule has 1 aromatic carbocycles. The minimum absolute atomic E-state index is 0.280. The molecular formula is C17H20N6O3. The highest BCUT2D eigenvalue weighted by Gasteiger charge is 2.35. The maximum absolute atomic E-state index is 12.4. The predicted molar refractivity (Wildman–Crippen MR) is 95.5 cm³/mol. The first-order valence-corrected chi connectivity index (χ1v) is 8.30. The third-order valence-electron chi connectivity index (χ3n) is 4.33. The number of hydrogen-bond donors (Lipinski definition) is 2. The summed E-state index contributed by atoms with van der Waals surface area (Å²) in [7, 11) is 0. The van der Waals surface area contributed by atoms with Gasteiger partial charge in [0.25, 0.3) is 0 Å². The molecule has 2 aromatic rings. The number of benzene rings is 1. The van der Waals surface area contributed by atoms with Crippen LogP contribution in [0.15, 0.2) is 46.4 Å². The van der Waals surface area contributed by atoms with Crippen LogP contribution in [0.4, 0.5) is 5.82 Å². The first-order valence-electron chi connectivity index (χ1n) is 8.30. The van der Waals surface area contributed by atoms with Gasteiger partial charge in [-0.3, -0.25) is 4.57 Å². The van der Waals surface area contributed by atoms with E-state index in [2.05, 4.69) is 20.3 Å². The molecule has 26 heavy (non-hydrogen) atoms. The zero-order valence-corrected chi connectivity index (χ0v) is 14.3. The molecule has 1 aliphatic rings. The van der Waals surface area contributed by atoms with E-state index in [0.29, 0.717) is 18.8 Å². The Balaban J connectivity index is 1.77. The van der Waals surface area contributed by atoms with Crippen molar-refractivity contribution in [3.63, 3.8) is 0 Å². The van der Waals surface area contributed by atoms with Gasteiger partial charge in [0.2, 0.25) is 0 Å². The Bertz CT molecular complexity index is 863. The molecule has 0 radical (unpaired) electrons. The molecule has 1 aromatic heterocycles. The minimum Gasteiger partial charge on any atom is -0.394 e. The smallest absolute Gasteiger partial charge is 0.351 e. The van der Waals surface area contributed by atoms with Crippen molar-refractivity contribution < 1.29 is 9.84 Å². The van der Waals surface area contributed by atoms with Crippen LogP contribution in [0.25, 0.3) is 10.4 Å². The Morgan fingerprint density at radius 3 is 2.92 bits per heavy atom. The normalized spacial score (nSPS) is 22.0. The van der Waals surface area contributed by atoms with Crippen LogP contribution in [0.1, 0.15) is 23.8 Å². The average Bonchev–Trinajstić information content (AvgIpc) is 3.06. The van der Waals surface area contributed by atoms with Crippen molar-refractivity contribution in [2.45, 2.75) is 38.3 Å². The van der Waals surface area contributed by atoms with Gasteiger partial charge in [-0.05, 0) is 18.0 Å². The summed E-state index contributed by atoms with van der Waals surface area (Å²) >= 11 is 0. The molecule has 1 aliphatic heterocycles. The highest BCUT2D eigenvalue weighted by Crippen LogP contribution is 2.30. The van der Waals surface area contributed by atoms with Crippen molar-refractivity contribution in [1.82, 2.24) is 9.55 Å². The molecule has 3 atom stereocenters. The Hall–Kier alpha value is -2.87. The first kappa shape index (κ1) is 17.9. The molecule has 0 amide bonds. The Labute approximate surface area is 149 Å². The summed E-state index contributed by atoms with van der Waals surface area (Å²) in [6.45, 7) is 2.13. The number of nitrogens with one attached hydrogen (secondary N) is 1. The number of aromatic nitrogens is 2. The van der Waals surface area contributed by atoms with Crippen LogP contribution >= 0.6 is 0 Å². The second-order valence-corrected chi connectivity index (χ2v) is 6.12. The number of rotatable bonds is 6. The van der Waals surface area contributed by atoms with Crippen molar-refractivity contribution in [3.05, 3.63) is 68.6 Å². The van der Waals surface area contributed by atoms with Crippen molar-refractivity contribution >= 4 is 5.82 Å². The van der Waals surface area contributed by atoms with Gasteiger partial charge in [-0.15, -0.1) is 0 Å². The molecule has 0 unspecified atom stereocenters. The Morgan fingerprint density at radius 2 is 2.23 bits per heavy atom. The maximum Gasteiger partial charge on any atom is 0.351 e. The van der Waals surface area contributed by atoms with Gasteiger partial charge in [0, 0.05) is 29.6 Å². The van der Waals surface area contributed by atoms with E-state index in [-0.39, 0.29) is 6.61 Å². The van der Waals surface area contributed by atoms with Gasteiger partial charge in [-0.1, -0.05) is 35.4 Å². The molecule has 2 N–H and O–H groups in total. The summed E-state index contributed by atoms with van der Waals surface area (Å²) in [5.74, 6) is 0.512. The molecule has 0 bridgehead atoms. The summed E-state index contributed by atoms with van der Waals surface area (Å²) in [5, 5.41) is 16.1. The second kappa shape index (κ2) is 8.01. The van der Waals surface area contributed by atoms with Crippen LogP contribution in [0.3, 0.4) is 0 Å². The van der Waals surface area contributed by atoms with E-state index in [0.717, 1.165) is 11.1 Å². The van der Waals surface area contributed by atoms with E-state index in [1.54, 1.807) is 6.20 Å². The fraction of sp³-hybridized carbons (Fsp3) is 0.412. The summed E-state index contributed by atoms with van der Waals surface area (Å²) < 4.78 is 7.03. The molecule has 9 nitrogen and oxygen atoms in total. The standard InChI is InChI=1S/C17H20N6O3/c1-11-9-23(15-7-13(21-22-18)14(10-24)26-15)17(25)20-16(11)19-8-12-5-3-2-4-6-12/h2-6,9,13-15,24H,7-8,10H2,1H3,(H,19,20,25)/t13-,14-,15+/m1/s1. The minimum atomic E-state index is -0.626. The van der Waals surface area contributed by atoms with E-state index in [9.17, 15) is 9.90 Å². The number of aliphatic hydroxyl groups is 1. The van der Waals surface area contributed by atoms with Crippen LogP contribution in [-0.4, -0.2) is 33.4 Å². The number of azide groups is 1. The largest absolute Gasteiger partial charge is 0.394 e. The van der Waals surface area contributed by atoms with Crippen molar-refractivity contribution in [2.24, 2.45) is 5.11 Å². The summed E-state index contributed by atoms with van der Waals surface area (Å²) in [5.41, 5.74) is 10.0. The van der Waals surface area contributed by atoms with E-state index in [1.165, 1.54) is 4.57 Å². The molecule has 3 rings (SSSR count). The fourth-order valence-electron chi connectivity index (χ4n) is 2.97. The van der Waals surface area contributed by atoms with Crippen LogP contribution in [0, 0.1) is 6.92 Å². The van der Waals surface area contributed by atoms with Crippen molar-refractivity contribution in [2.75, 3.05) is 11.9 Å². The Morgan fingerprint density at radius 1 is 1.46 bits per heavy atom. The first-order chi connectivity index (χ1) is 12.6. The van der Waals surface area contributed by atoms with Crippen LogP contribution in [0.5, 0.6) is 0 Å². The number of aliphatic hydroxyl groups excluding tert-OH is 1. The van der Waals surface area contributed by atoms with E-state index in [1.807, 2.05) is 37.3 Å². The topological polar surface area (TPSA) is 125 Å². The predicted octanol–water partition coefficient (Wildman–Crippen LogP) is 2.12. The van der Waals surface area contributed by atoms with Gasteiger partial charge in [0.05, 0.1) is 18.8 Å². The monoisotopic (exact) mass is 356 g/mol. The summed E-state index contributed by atoms with van der Waals surface area (Å²) in [4.78, 5) is 19.3. The lowest BCUT2D eigenvalue weighted by molar-refractivity contribution is -0.0270. The number of anilines is 1. The molecule has 136 valence electrons. The third kappa shape index (κ3) is 3.85. The zero-order chi connectivity index (χ0) is 18.5. The van der Waals surface area contributed by atoms with Gasteiger partial charge in [0.15, 0.2) is 0 Å². The third-order valence-corrected chi connectivity index (χ3v) is 4.33. The lowest BCUT2D eigenvalue weighted by Crippen LogP contribution is -2.29. The molecule has 1 fully saturated rings. The van der Waals surface area contributed by atoms with Gasteiger partial charge >= 0.3 is 5.69 Å². The average molecular weight is 356 g/mol. The number of hydrogen-bond acceptors (Lipinski definition) is 6. The molecule has 9 heteroatoms. The summed E-state index contributed by atoms with van der Waals surface area (Å²) in [6, 6.07) is 9.30. The molecule has 0 spiro atoms. The quantitative estimate of drug-likeness (QED) is 0.466. The van der Waals surface area contributed by atoms with Crippen molar-refractivity contribution in [1.29, 1.82) is 0 Å². The van der Waals surface area contributed by atoms with Crippen LogP contribution in [-0.2, 0) is 11.3 Å². The lowest BCUT2D eigenvalue weighted by atomic mass is 10.1. The molecular weight excluding hydrogens is 336 g/mol. The highest BCUT2D eigenvalue weighted by atomic mass is 16.5. The summed E-state index contributed by atoms with van der Waals surface area (Å²) in [6.07, 6.45) is 0.733. The maximum atomic E-state index is 12.4. The highest BCUT2D eigenvalue weighted by molar-refractivity contribution is 5.42. The lowest BCUT2D eigenvalue weighted by Gasteiger charge is -2.17. The SMILES string of the molecule is Cc1cn([C@@H]2C[C@@H](N=[N+]=[N-])[C@@H](CO)O2)c(=O)nc1NCc1ccccc1. The van der Waals surface area contributed by atoms with Gasteiger partial charge in [-0.25, -0.2) is 4.79 Å². The molecule has 0 aliphatic carbocycles.